The summed E-state index contributed by atoms with van der Waals surface area (Å²) in [7, 11) is 0. The molecule has 1 fully saturated rings. The van der Waals surface area contributed by atoms with Crippen LogP contribution in [-0.2, 0) is 6.18 Å². The summed E-state index contributed by atoms with van der Waals surface area (Å²) in [6.45, 7) is 3.97. The number of rotatable bonds is 3. The lowest BCUT2D eigenvalue weighted by Crippen LogP contribution is -2.34. The maximum Gasteiger partial charge on any atom is 0.416 e. The van der Waals surface area contributed by atoms with Crippen molar-refractivity contribution in [3.8, 4) is 0 Å². The van der Waals surface area contributed by atoms with Crippen LogP contribution in [0.4, 0.5) is 13.2 Å². The van der Waals surface area contributed by atoms with Crippen molar-refractivity contribution >= 4 is 0 Å². The molecule has 1 aromatic rings. The summed E-state index contributed by atoms with van der Waals surface area (Å²) in [5.74, 6) is 0.542. The smallest absolute Gasteiger partial charge is 0.307 e. The number of alkyl halides is 3. The molecule has 0 amide bonds. The van der Waals surface area contributed by atoms with Crippen LogP contribution in [-0.4, -0.2) is 6.04 Å². The van der Waals surface area contributed by atoms with Crippen molar-refractivity contribution < 1.29 is 13.2 Å². The highest BCUT2D eigenvalue weighted by atomic mass is 19.4. The van der Waals surface area contributed by atoms with Gasteiger partial charge in [-0.2, -0.15) is 13.2 Å². The molecule has 1 saturated carbocycles. The Morgan fingerprint density at radius 3 is 2.47 bits per heavy atom. The molecule has 3 atom stereocenters. The second kappa shape index (κ2) is 5.53. The van der Waals surface area contributed by atoms with E-state index in [2.05, 4.69) is 12.2 Å². The van der Waals surface area contributed by atoms with Gasteiger partial charge in [-0.3, -0.25) is 0 Å². The molecule has 1 aromatic carbocycles. The van der Waals surface area contributed by atoms with Gasteiger partial charge < -0.3 is 5.32 Å². The van der Waals surface area contributed by atoms with E-state index in [1.54, 1.807) is 12.1 Å². The van der Waals surface area contributed by atoms with Crippen LogP contribution >= 0.6 is 0 Å². The van der Waals surface area contributed by atoms with Gasteiger partial charge in [-0.15, -0.1) is 0 Å². The Labute approximate surface area is 112 Å². The van der Waals surface area contributed by atoms with E-state index in [-0.39, 0.29) is 6.04 Å². The normalized spacial score (nSPS) is 25.5. The molecule has 1 N–H and O–H groups in total. The minimum atomic E-state index is -4.28. The maximum absolute atomic E-state index is 13.0. The topological polar surface area (TPSA) is 12.0 Å². The zero-order chi connectivity index (χ0) is 14.0. The Kier molecular flexibility index (Phi) is 4.19. The zero-order valence-electron chi connectivity index (χ0n) is 11.3. The summed E-state index contributed by atoms with van der Waals surface area (Å²) in [4.78, 5) is 0. The molecule has 2 rings (SSSR count). The van der Waals surface area contributed by atoms with Gasteiger partial charge in [-0.25, -0.2) is 0 Å². The van der Waals surface area contributed by atoms with Crippen LogP contribution in [0.15, 0.2) is 24.3 Å². The Bertz CT molecular complexity index is 428. The number of benzene rings is 1. The standard InChI is InChI=1S/C15H20F3N/c1-10-6-5-9-14(10)19-11(2)12-7-3-4-8-13(12)15(16,17)18/h3-4,7-8,10-11,14,19H,5-6,9H2,1-2H3. The summed E-state index contributed by atoms with van der Waals surface area (Å²) >= 11 is 0. The second-order valence-corrected chi connectivity index (χ2v) is 5.49. The number of nitrogens with one attached hydrogen (secondary N) is 1. The van der Waals surface area contributed by atoms with E-state index in [1.165, 1.54) is 6.07 Å². The molecule has 1 aliphatic rings. The summed E-state index contributed by atoms with van der Waals surface area (Å²) in [5, 5.41) is 3.36. The molecular weight excluding hydrogens is 251 g/mol. The molecular formula is C15H20F3N. The third-order valence-electron chi connectivity index (χ3n) is 4.06. The van der Waals surface area contributed by atoms with Gasteiger partial charge >= 0.3 is 6.18 Å². The molecule has 106 valence electrons. The van der Waals surface area contributed by atoms with Gasteiger partial charge in [0.2, 0.25) is 0 Å². The van der Waals surface area contributed by atoms with Crippen LogP contribution in [0.2, 0.25) is 0 Å². The van der Waals surface area contributed by atoms with Crippen LogP contribution in [0.3, 0.4) is 0 Å². The highest BCUT2D eigenvalue weighted by molar-refractivity contribution is 5.32. The molecule has 0 radical (unpaired) electrons. The van der Waals surface area contributed by atoms with Crippen molar-refractivity contribution in [2.24, 2.45) is 5.92 Å². The fourth-order valence-corrected chi connectivity index (χ4v) is 2.94. The van der Waals surface area contributed by atoms with Crippen LogP contribution in [0.5, 0.6) is 0 Å². The molecule has 0 saturated heterocycles. The van der Waals surface area contributed by atoms with Crippen LogP contribution in [0, 0.1) is 5.92 Å². The highest BCUT2D eigenvalue weighted by Crippen LogP contribution is 2.35. The van der Waals surface area contributed by atoms with Crippen molar-refractivity contribution in [2.45, 2.75) is 51.4 Å². The maximum atomic E-state index is 13.0. The molecule has 0 heterocycles. The SMILES string of the molecule is CC(NC1CCCC1C)c1ccccc1C(F)(F)F. The molecule has 3 unspecified atom stereocenters. The lowest BCUT2D eigenvalue weighted by molar-refractivity contribution is -0.138. The molecule has 0 spiro atoms. The summed E-state index contributed by atoms with van der Waals surface area (Å²) in [6, 6.07) is 5.89. The molecule has 4 heteroatoms. The zero-order valence-corrected chi connectivity index (χ0v) is 11.3. The van der Waals surface area contributed by atoms with Gasteiger partial charge in [0.1, 0.15) is 0 Å². The molecule has 19 heavy (non-hydrogen) atoms. The highest BCUT2D eigenvalue weighted by Gasteiger charge is 2.35. The number of halogens is 3. The van der Waals surface area contributed by atoms with Crippen LogP contribution in [0.25, 0.3) is 0 Å². The average Bonchev–Trinajstić information content (AvgIpc) is 2.74. The molecule has 1 aliphatic carbocycles. The molecule has 0 aliphatic heterocycles. The van der Waals surface area contributed by atoms with E-state index >= 15 is 0 Å². The van der Waals surface area contributed by atoms with E-state index in [1.807, 2.05) is 6.92 Å². The minimum Gasteiger partial charge on any atom is -0.307 e. The first-order valence-electron chi connectivity index (χ1n) is 6.81. The van der Waals surface area contributed by atoms with Gasteiger partial charge in [-0.1, -0.05) is 31.5 Å². The van der Waals surface area contributed by atoms with E-state index in [9.17, 15) is 13.2 Å². The number of hydrogen-bond donors (Lipinski definition) is 1. The minimum absolute atomic E-state index is 0.275. The molecule has 1 nitrogen and oxygen atoms in total. The first kappa shape index (κ1) is 14.4. The van der Waals surface area contributed by atoms with E-state index in [0.29, 0.717) is 17.5 Å². The van der Waals surface area contributed by atoms with E-state index < -0.39 is 11.7 Å². The predicted octanol–water partition coefficient (Wildman–Crippen LogP) is 4.54. The van der Waals surface area contributed by atoms with Gasteiger partial charge in [0.05, 0.1) is 5.56 Å². The first-order chi connectivity index (χ1) is 8.89. The van der Waals surface area contributed by atoms with Gasteiger partial charge in [-0.05, 0) is 37.3 Å². The fourth-order valence-electron chi connectivity index (χ4n) is 2.94. The Morgan fingerprint density at radius 1 is 1.21 bits per heavy atom. The summed E-state index contributed by atoms with van der Waals surface area (Å²) < 4.78 is 38.9. The van der Waals surface area contributed by atoms with Crippen LogP contribution < -0.4 is 5.32 Å². The third-order valence-corrected chi connectivity index (χ3v) is 4.06. The van der Waals surface area contributed by atoms with Gasteiger partial charge in [0.25, 0.3) is 0 Å². The van der Waals surface area contributed by atoms with Crippen LogP contribution in [0.1, 0.15) is 50.3 Å². The van der Waals surface area contributed by atoms with Crippen molar-refractivity contribution in [2.75, 3.05) is 0 Å². The lowest BCUT2D eigenvalue weighted by atomic mass is 9.98. The van der Waals surface area contributed by atoms with Crippen molar-refractivity contribution in [1.82, 2.24) is 5.32 Å². The largest absolute Gasteiger partial charge is 0.416 e. The van der Waals surface area contributed by atoms with E-state index in [0.717, 1.165) is 25.3 Å². The average molecular weight is 271 g/mol. The summed E-state index contributed by atoms with van der Waals surface area (Å²) in [6.07, 6.45) is -0.911. The first-order valence-corrected chi connectivity index (χ1v) is 6.81. The van der Waals surface area contributed by atoms with Gasteiger partial charge in [0, 0.05) is 12.1 Å². The fraction of sp³-hybridized carbons (Fsp3) is 0.600. The second-order valence-electron chi connectivity index (χ2n) is 5.49. The van der Waals surface area contributed by atoms with E-state index in [4.69, 9.17) is 0 Å². The third kappa shape index (κ3) is 3.30. The lowest BCUT2D eigenvalue weighted by Gasteiger charge is -2.25. The summed E-state index contributed by atoms with van der Waals surface area (Å²) in [5.41, 5.74) is -0.185. The quantitative estimate of drug-likeness (QED) is 0.850. The number of hydrogen-bond acceptors (Lipinski definition) is 1. The molecule has 0 bridgehead atoms. The van der Waals surface area contributed by atoms with Crippen molar-refractivity contribution in [1.29, 1.82) is 0 Å². The molecule has 0 aromatic heterocycles. The Hall–Kier alpha value is -1.03. The van der Waals surface area contributed by atoms with Crippen molar-refractivity contribution in [3.05, 3.63) is 35.4 Å². The predicted molar refractivity (Wildman–Crippen MR) is 69.8 cm³/mol. The Morgan fingerprint density at radius 2 is 1.89 bits per heavy atom. The Balaban J connectivity index is 2.17. The van der Waals surface area contributed by atoms with Crippen molar-refractivity contribution in [3.63, 3.8) is 0 Å². The monoisotopic (exact) mass is 271 g/mol. The van der Waals surface area contributed by atoms with Gasteiger partial charge in [0.15, 0.2) is 0 Å².